The van der Waals surface area contributed by atoms with E-state index in [1.165, 1.54) is 17.6 Å². The predicted molar refractivity (Wildman–Crippen MR) is 70.9 cm³/mol. The molecule has 1 fully saturated rings. The van der Waals surface area contributed by atoms with Crippen molar-refractivity contribution in [3.8, 4) is 5.75 Å². The first-order valence-electron chi connectivity index (χ1n) is 5.90. The zero-order chi connectivity index (χ0) is 11.8. The van der Waals surface area contributed by atoms with Crippen LogP contribution in [0.3, 0.4) is 0 Å². The van der Waals surface area contributed by atoms with Gasteiger partial charge in [-0.2, -0.15) is 0 Å². The molecule has 0 amide bonds. The van der Waals surface area contributed by atoms with Crippen molar-refractivity contribution in [2.75, 3.05) is 20.2 Å². The lowest BCUT2D eigenvalue weighted by molar-refractivity contribution is 0.409. The number of allylic oxidation sites excluding steroid dienone is 1. The molecule has 4 heteroatoms. The second-order valence-corrected chi connectivity index (χ2v) is 5.39. The quantitative estimate of drug-likeness (QED) is 0.851. The van der Waals surface area contributed by atoms with Crippen LogP contribution in [-0.2, 0) is 0 Å². The third-order valence-corrected chi connectivity index (χ3v) is 4.34. The number of rotatable bonds is 2. The Morgan fingerprint density at radius 3 is 3.18 bits per heavy atom. The minimum Gasteiger partial charge on any atom is -0.494 e. The molecule has 0 bridgehead atoms. The number of fused-ring (bicyclic) bond motifs is 1. The van der Waals surface area contributed by atoms with Gasteiger partial charge in [-0.3, -0.25) is 0 Å². The van der Waals surface area contributed by atoms with Gasteiger partial charge in [-0.25, -0.2) is 4.98 Å². The summed E-state index contributed by atoms with van der Waals surface area (Å²) in [6.07, 6.45) is 5.48. The van der Waals surface area contributed by atoms with E-state index in [0.717, 1.165) is 29.4 Å². The molecule has 3 nitrogen and oxygen atoms in total. The van der Waals surface area contributed by atoms with Crippen molar-refractivity contribution in [2.24, 2.45) is 11.8 Å². The number of pyridine rings is 1. The Morgan fingerprint density at radius 2 is 2.35 bits per heavy atom. The van der Waals surface area contributed by atoms with Crippen molar-refractivity contribution in [3.63, 3.8) is 0 Å². The van der Waals surface area contributed by atoms with Gasteiger partial charge in [-0.1, -0.05) is 6.08 Å². The highest BCUT2D eigenvalue weighted by molar-refractivity contribution is 9.10. The molecule has 0 saturated carbocycles. The summed E-state index contributed by atoms with van der Waals surface area (Å²) in [4.78, 5) is 4.34. The van der Waals surface area contributed by atoms with E-state index in [4.69, 9.17) is 4.74 Å². The fourth-order valence-electron chi connectivity index (χ4n) is 2.84. The van der Waals surface area contributed by atoms with E-state index in [9.17, 15) is 0 Å². The first-order chi connectivity index (χ1) is 8.29. The summed E-state index contributed by atoms with van der Waals surface area (Å²) in [6, 6.07) is 2.07. The van der Waals surface area contributed by atoms with Crippen LogP contribution in [0.25, 0.3) is 5.57 Å². The van der Waals surface area contributed by atoms with E-state index in [1.807, 2.05) is 6.20 Å². The van der Waals surface area contributed by atoms with Gasteiger partial charge in [-0.15, -0.1) is 0 Å². The molecule has 0 spiro atoms. The normalized spacial score (nSPS) is 26.8. The van der Waals surface area contributed by atoms with Crippen LogP contribution in [0.4, 0.5) is 0 Å². The fraction of sp³-hybridized carbons (Fsp3) is 0.462. The maximum absolute atomic E-state index is 5.30. The average molecular weight is 295 g/mol. The molecule has 1 aromatic heterocycles. The summed E-state index contributed by atoms with van der Waals surface area (Å²) >= 11 is 3.39. The Morgan fingerprint density at radius 1 is 1.47 bits per heavy atom. The van der Waals surface area contributed by atoms with Gasteiger partial charge in [0.15, 0.2) is 5.75 Å². The molecular weight excluding hydrogens is 280 g/mol. The lowest BCUT2D eigenvalue weighted by atomic mass is 9.91. The van der Waals surface area contributed by atoms with Gasteiger partial charge in [0.25, 0.3) is 0 Å². The summed E-state index contributed by atoms with van der Waals surface area (Å²) < 4.78 is 6.07. The van der Waals surface area contributed by atoms with Gasteiger partial charge in [0.05, 0.1) is 7.11 Å². The zero-order valence-corrected chi connectivity index (χ0v) is 11.3. The highest BCUT2D eigenvalue weighted by Gasteiger charge is 2.34. The second kappa shape index (κ2) is 4.42. The third-order valence-electron chi connectivity index (χ3n) is 3.74. The number of hydrogen-bond donors (Lipinski definition) is 1. The van der Waals surface area contributed by atoms with E-state index in [0.29, 0.717) is 5.92 Å². The Labute approximate surface area is 109 Å². The van der Waals surface area contributed by atoms with Crippen LogP contribution in [-0.4, -0.2) is 25.2 Å². The smallest absolute Gasteiger partial charge is 0.152 e. The highest BCUT2D eigenvalue weighted by atomic mass is 79.9. The van der Waals surface area contributed by atoms with Crippen LogP contribution in [0.15, 0.2) is 22.9 Å². The van der Waals surface area contributed by atoms with Crippen molar-refractivity contribution in [3.05, 3.63) is 28.5 Å². The number of nitrogens with zero attached hydrogens (tertiary/aromatic N) is 1. The molecule has 2 atom stereocenters. The van der Waals surface area contributed by atoms with Gasteiger partial charge in [0.1, 0.15) is 4.60 Å². The monoisotopic (exact) mass is 294 g/mol. The molecule has 17 heavy (non-hydrogen) atoms. The molecule has 1 aliphatic carbocycles. The Kier molecular flexibility index (Phi) is 2.92. The summed E-state index contributed by atoms with van der Waals surface area (Å²) in [5, 5.41) is 3.46. The van der Waals surface area contributed by atoms with Crippen molar-refractivity contribution >= 4 is 21.5 Å². The third kappa shape index (κ3) is 1.89. The molecular formula is C13H15BrN2O. The van der Waals surface area contributed by atoms with Crippen molar-refractivity contribution in [1.29, 1.82) is 0 Å². The molecule has 1 saturated heterocycles. The Balaban J connectivity index is 1.94. The number of hydrogen-bond acceptors (Lipinski definition) is 3. The van der Waals surface area contributed by atoms with Crippen LogP contribution >= 0.6 is 15.9 Å². The average Bonchev–Trinajstić information content (AvgIpc) is 2.92. The number of ether oxygens (including phenoxy) is 1. The van der Waals surface area contributed by atoms with Crippen LogP contribution in [0.2, 0.25) is 0 Å². The van der Waals surface area contributed by atoms with Crippen molar-refractivity contribution in [2.45, 2.75) is 6.42 Å². The minimum atomic E-state index is 0.655. The molecule has 2 aliphatic rings. The van der Waals surface area contributed by atoms with Crippen LogP contribution in [0.1, 0.15) is 12.0 Å². The van der Waals surface area contributed by atoms with Gasteiger partial charge >= 0.3 is 0 Å². The number of aromatic nitrogens is 1. The Hall–Kier alpha value is -0.870. The highest BCUT2D eigenvalue weighted by Crippen LogP contribution is 2.41. The van der Waals surface area contributed by atoms with Crippen molar-refractivity contribution < 1.29 is 4.74 Å². The first-order valence-corrected chi connectivity index (χ1v) is 6.69. The summed E-state index contributed by atoms with van der Waals surface area (Å²) in [6.45, 7) is 2.24. The lowest BCUT2D eigenvalue weighted by Crippen LogP contribution is -2.10. The van der Waals surface area contributed by atoms with Crippen LogP contribution in [0, 0.1) is 11.8 Å². The molecule has 1 N–H and O–H groups in total. The van der Waals surface area contributed by atoms with Gasteiger partial charge < -0.3 is 10.1 Å². The zero-order valence-electron chi connectivity index (χ0n) is 9.74. The molecule has 0 unspecified atom stereocenters. The lowest BCUT2D eigenvalue weighted by Gasteiger charge is -2.14. The number of halogens is 1. The van der Waals surface area contributed by atoms with E-state index >= 15 is 0 Å². The minimum absolute atomic E-state index is 0.655. The SMILES string of the molecule is COc1cc(C2=CC[C@@H]3CNC[C@H]23)cnc1Br. The standard InChI is InChI=1S/C13H15BrN2O/c1-17-12-4-9(6-16-13(12)14)10-3-2-8-5-15-7-11(8)10/h3-4,6,8,11,15H,2,5,7H2,1H3/t8-,11+/m1/s1. The van der Waals surface area contributed by atoms with E-state index < -0.39 is 0 Å². The van der Waals surface area contributed by atoms with Crippen molar-refractivity contribution in [1.82, 2.24) is 10.3 Å². The van der Waals surface area contributed by atoms with Gasteiger partial charge in [0.2, 0.25) is 0 Å². The van der Waals surface area contributed by atoms with Gasteiger partial charge in [-0.05, 0) is 52.0 Å². The van der Waals surface area contributed by atoms with E-state index in [-0.39, 0.29) is 0 Å². The summed E-state index contributed by atoms with van der Waals surface area (Å²) in [5.41, 5.74) is 2.62. The maximum Gasteiger partial charge on any atom is 0.152 e. The molecule has 1 aliphatic heterocycles. The van der Waals surface area contributed by atoms with Gasteiger partial charge in [0, 0.05) is 18.7 Å². The molecule has 3 rings (SSSR count). The molecule has 90 valence electrons. The fourth-order valence-corrected chi connectivity index (χ4v) is 3.21. The maximum atomic E-state index is 5.30. The Bertz CT molecular complexity index is 472. The number of methoxy groups -OCH3 is 1. The predicted octanol–water partition coefficient (Wildman–Crippen LogP) is 2.48. The molecule has 0 radical (unpaired) electrons. The first kappa shape index (κ1) is 11.2. The summed E-state index contributed by atoms with van der Waals surface area (Å²) in [5.74, 6) is 2.24. The topological polar surface area (TPSA) is 34.1 Å². The molecule has 1 aromatic rings. The second-order valence-electron chi connectivity index (χ2n) is 4.64. The van der Waals surface area contributed by atoms with E-state index in [2.05, 4.69) is 38.4 Å². The van der Waals surface area contributed by atoms with Crippen LogP contribution in [0.5, 0.6) is 5.75 Å². The summed E-state index contributed by atoms with van der Waals surface area (Å²) in [7, 11) is 1.68. The largest absolute Gasteiger partial charge is 0.494 e. The van der Waals surface area contributed by atoms with Crippen LogP contribution < -0.4 is 10.1 Å². The molecule has 0 aromatic carbocycles. The number of nitrogens with one attached hydrogen (secondary N) is 1. The van der Waals surface area contributed by atoms with E-state index in [1.54, 1.807) is 7.11 Å². The molecule has 2 heterocycles.